The zero-order valence-corrected chi connectivity index (χ0v) is 11.4. The lowest BCUT2D eigenvalue weighted by Crippen LogP contribution is -2.28. The van der Waals surface area contributed by atoms with Crippen LogP contribution in [0.2, 0.25) is 0 Å². The fraction of sp³-hybridized carbons (Fsp3) is 0.200. The molecule has 80 valence electrons. The molecule has 1 atom stereocenters. The standard InChI is InChI=1S/C10H11BrN2S2/c1-6-4-7(5-15-6)9(13-12)10-8(11)2-3-14-10/h2-5,9,13H,12H2,1H3. The molecule has 0 saturated heterocycles. The Kier molecular flexibility index (Phi) is 3.58. The molecule has 2 aromatic rings. The van der Waals surface area contributed by atoms with Crippen molar-refractivity contribution < 1.29 is 0 Å². The first-order valence-corrected chi connectivity index (χ1v) is 7.01. The summed E-state index contributed by atoms with van der Waals surface area (Å²) in [6.45, 7) is 2.10. The van der Waals surface area contributed by atoms with Crippen molar-refractivity contribution in [1.29, 1.82) is 0 Å². The third-order valence-electron chi connectivity index (χ3n) is 2.16. The average molecular weight is 303 g/mol. The van der Waals surface area contributed by atoms with Crippen LogP contribution in [0.5, 0.6) is 0 Å². The number of aryl methyl sites for hydroxylation is 1. The van der Waals surface area contributed by atoms with Crippen LogP contribution in [0.25, 0.3) is 0 Å². The Hall–Kier alpha value is -0.200. The van der Waals surface area contributed by atoms with Gasteiger partial charge in [-0.2, -0.15) is 0 Å². The summed E-state index contributed by atoms with van der Waals surface area (Å²) in [6, 6.07) is 4.30. The molecular formula is C10H11BrN2S2. The number of hydrazine groups is 1. The average Bonchev–Trinajstić information content (AvgIpc) is 2.79. The van der Waals surface area contributed by atoms with Gasteiger partial charge in [-0.05, 0) is 51.3 Å². The van der Waals surface area contributed by atoms with Gasteiger partial charge in [0.25, 0.3) is 0 Å². The third kappa shape index (κ3) is 2.32. The molecule has 2 heterocycles. The van der Waals surface area contributed by atoms with Crippen LogP contribution in [0.15, 0.2) is 27.4 Å². The van der Waals surface area contributed by atoms with Crippen LogP contribution in [0.1, 0.15) is 21.4 Å². The molecule has 2 rings (SSSR count). The van der Waals surface area contributed by atoms with Crippen LogP contribution in [0.3, 0.4) is 0 Å². The first-order chi connectivity index (χ1) is 7.22. The molecule has 0 aliphatic rings. The van der Waals surface area contributed by atoms with Crippen LogP contribution < -0.4 is 11.3 Å². The van der Waals surface area contributed by atoms with Gasteiger partial charge in [-0.25, -0.2) is 5.43 Å². The Morgan fingerprint density at radius 3 is 2.73 bits per heavy atom. The molecule has 0 amide bonds. The van der Waals surface area contributed by atoms with E-state index in [1.807, 2.05) is 6.07 Å². The number of hydrogen-bond donors (Lipinski definition) is 2. The molecule has 0 bridgehead atoms. The molecule has 0 saturated carbocycles. The maximum Gasteiger partial charge on any atom is 0.0821 e. The van der Waals surface area contributed by atoms with Gasteiger partial charge in [-0.3, -0.25) is 5.84 Å². The number of thiophene rings is 2. The Morgan fingerprint density at radius 1 is 1.47 bits per heavy atom. The number of hydrogen-bond acceptors (Lipinski definition) is 4. The second-order valence-electron chi connectivity index (χ2n) is 3.22. The number of rotatable bonds is 3. The Morgan fingerprint density at radius 2 is 2.27 bits per heavy atom. The highest BCUT2D eigenvalue weighted by Crippen LogP contribution is 2.34. The Bertz CT molecular complexity index is 450. The van der Waals surface area contributed by atoms with Crippen molar-refractivity contribution in [2.75, 3.05) is 0 Å². The van der Waals surface area contributed by atoms with E-state index in [0.29, 0.717) is 0 Å². The van der Waals surface area contributed by atoms with Gasteiger partial charge in [-0.15, -0.1) is 22.7 Å². The maximum atomic E-state index is 5.61. The van der Waals surface area contributed by atoms with Gasteiger partial charge in [0.2, 0.25) is 0 Å². The molecule has 0 fully saturated rings. The molecule has 2 nitrogen and oxygen atoms in total. The van der Waals surface area contributed by atoms with E-state index in [9.17, 15) is 0 Å². The summed E-state index contributed by atoms with van der Waals surface area (Å²) in [6.07, 6.45) is 0. The van der Waals surface area contributed by atoms with Gasteiger partial charge in [0.15, 0.2) is 0 Å². The SMILES string of the molecule is Cc1cc(C(NN)c2sccc2Br)cs1. The molecule has 2 aromatic heterocycles. The predicted molar refractivity (Wildman–Crippen MR) is 70.2 cm³/mol. The number of halogens is 1. The molecule has 0 spiro atoms. The summed E-state index contributed by atoms with van der Waals surface area (Å²) in [5, 5.41) is 4.20. The summed E-state index contributed by atoms with van der Waals surface area (Å²) in [5.41, 5.74) is 4.09. The van der Waals surface area contributed by atoms with E-state index in [0.717, 1.165) is 4.47 Å². The van der Waals surface area contributed by atoms with Crippen molar-refractivity contribution in [2.45, 2.75) is 13.0 Å². The minimum atomic E-state index is 0.0873. The summed E-state index contributed by atoms with van der Waals surface area (Å²) in [4.78, 5) is 2.52. The van der Waals surface area contributed by atoms with Gasteiger partial charge >= 0.3 is 0 Å². The maximum absolute atomic E-state index is 5.61. The van der Waals surface area contributed by atoms with E-state index >= 15 is 0 Å². The third-order valence-corrected chi connectivity index (χ3v) is 4.97. The van der Waals surface area contributed by atoms with E-state index in [2.05, 4.69) is 45.1 Å². The molecule has 0 aliphatic carbocycles. The van der Waals surface area contributed by atoms with Crippen LogP contribution in [-0.4, -0.2) is 0 Å². The molecule has 0 aliphatic heterocycles. The van der Waals surface area contributed by atoms with Crippen molar-refractivity contribution in [3.8, 4) is 0 Å². The molecule has 5 heteroatoms. The van der Waals surface area contributed by atoms with Gasteiger partial charge in [0.05, 0.1) is 6.04 Å². The fourth-order valence-electron chi connectivity index (χ4n) is 1.45. The smallest absolute Gasteiger partial charge is 0.0821 e. The van der Waals surface area contributed by atoms with Crippen LogP contribution >= 0.6 is 38.6 Å². The number of nitrogens with one attached hydrogen (secondary N) is 1. The molecular weight excluding hydrogens is 292 g/mol. The van der Waals surface area contributed by atoms with Crippen LogP contribution in [0, 0.1) is 6.92 Å². The first kappa shape index (κ1) is 11.3. The fourth-order valence-corrected chi connectivity index (χ4v) is 3.87. The second-order valence-corrected chi connectivity index (χ2v) is 6.14. The van der Waals surface area contributed by atoms with E-state index in [1.54, 1.807) is 22.7 Å². The van der Waals surface area contributed by atoms with Crippen LogP contribution in [0.4, 0.5) is 0 Å². The molecule has 15 heavy (non-hydrogen) atoms. The summed E-state index contributed by atoms with van der Waals surface area (Å²) >= 11 is 6.98. The van der Waals surface area contributed by atoms with Gasteiger partial charge < -0.3 is 0 Å². The number of nitrogens with two attached hydrogens (primary N) is 1. The Balaban J connectivity index is 2.36. The highest BCUT2D eigenvalue weighted by atomic mass is 79.9. The monoisotopic (exact) mass is 302 g/mol. The van der Waals surface area contributed by atoms with E-state index in [-0.39, 0.29) is 6.04 Å². The van der Waals surface area contributed by atoms with E-state index in [1.165, 1.54) is 15.3 Å². The molecule has 1 unspecified atom stereocenters. The van der Waals surface area contributed by atoms with Crippen molar-refractivity contribution in [2.24, 2.45) is 5.84 Å². The zero-order chi connectivity index (χ0) is 10.8. The lowest BCUT2D eigenvalue weighted by atomic mass is 10.1. The molecule has 0 aromatic carbocycles. The van der Waals surface area contributed by atoms with Crippen molar-refractivity contribution in [3.63, 3.8) is 0 Å². The minimum absolute atomic E-state index is 0.0873. The summed E-state index contributed by atoms with van der Waals surface area (Å²) < 4.78 is 1.11. The largest absolute Gasteiger partial charge is 0.271 e. The first-order valence-electron chi connectivity index (χ1n) is 4.46. The lowest BCUT2D eigenvalue weighted by Gasteiger charge is -2.13. The molecule has 3 N–H and O–H groups in total. The van der Waals surface area contributed by atoms with Gasteiger partial charge in [0.1, 0.15) is 0 Å². The summed E-state index contributed by atoms with van der Waals surface area (Å²) in [5.74, 6) is 5.61. The van der Waals surface area contributed by atoms with Crippen molar-refractivity contribution in [3.05, 3.63) is 42.7 Å². The van der Waals surface area contributed by atoms with Gasteiger partial charge in [0, 0.05) is 14.2 Å². The van der Waals surface area contributed by atoms with Crippen LogP contribution in [-0.2, 0) is 0 Å². The topological polar surface area (TPSA) is 38.0 Å². The quantitative estimate of drug-likeness (QED) is 0.673. The highest BCUT2D eigenvalue weighted by Gasteiger charge is 2.17. The minimum Gasteiger partial charge on any atom is -0.271 e. The van der Waals surface area contributed by atoms with Gasteiger partial charge in [-0.1, -0.05) is 0 Å². The normalized spacial score (nSPS) is 13.0. The zero-order valence-electron chi connectivity index (χ0n) is 8.16. The molecule has 0 radical (unpaired) electrons. The van der Waals surface area contributed by atoms with Crippen molar-refractivity contribution in [1.82, 2.24) is 5.43 Å². The van der Waals surface area contributed by atoms with E-state index in [4.69, 9.17) is 5.84 Å². The van der Waals surface area contributed by atoms with Crippen molar-refractivity contribution >= 4 is 38.6 Å². The Labute approximate surface area is 105 Å². The van der Waals surface area contributed by atoms with E-state index < -0.39 is 0 Å². The second kappa shape index (κ2) is 4.76. The predicted octanol–water partition coefficient (Wildman–Crippen LogP) is 3.43. The lowest BCUT2D eigenvalue weighted by molar-refractivity contribution is 0.646. The summed E-state index contributed by atoms with van der Waals surface area (Å²) in [7, 11) is 0. The highest BCUT2D eigenvalue weighted by molar-refractivity contribution is 9.10.